The van der Waals surface area contributed by atoms with Crippen molar-refractivity contribution in [1.82, 2.24) is 14.9 Å². The zero-order valence-electron chi connectivity index (χ0n) is 16.4. The lowest BCUT2D eigenvalue weighted by molar-refractivity contribution is 0.0595. The number of hydrogen-bond donors (Lipinski definition) is 1. The molecule has 29 heavy (non-hydrogen) atoms. The predicted molar refractivity (Wildman–Crippen MR) is 113 cm³/mol. The maximum Gasteiger partial charge on any atom is 0.256 e. The Morgan fingerprint density at radius 3 is 2.59 bits per heavy atom. The maximum atomic E-state index is 13.2. The first-order chi connectivity index (χ1) is 13.9. The van der Waals surface area contributed by atoms with Gasteiger partial charge in [0, 0.05) is 18.4 Å². The highest BCUT2D eigenvalue weighted by Crippen LogP contribution is 2.44. The monoisotopic (exact) mass is 408 g/mol. The van der Waals surface area contributed by atoms with Gasteiger partial charge in [-0.15, -0.1) is 0 Å². The van der Waals surface area contributed by atoms with Gasteiger partial charge in [0.05, 0.1) is 23.2 Å². The number of nitrogens with zero attached hydrogens (tertiary/aromatic N) is 3. The van der Waals surface area contributed by atoms with Crippen molar-refractivity contribution in [3.8, 4) is 5.75 Å². The summed E-state index contributed by atoms with van der Waals surface area (Å²) in [5, 5.41) is 3.65. The maximum absolute atomic E-state index is 13.2. The number of aromatic nitrogens is 2. The Bertz CT molecular complexity index is 1050. The van der Waals surface area contributed by atoms with E-state index in [1.807, 2.05) is 49.1 Å². The van der Waals surface area contributed by atoms with Crippen LogP contribution < -0.4 is 10.1 Å². The smallest absolute Gasteiger partial charge is 0.256 e. The van der Waals surface area contributed by atoms with Crippen molar-refractivity contribution < 1.29 is 9.53 Å². The molecule has 0 atom stereocenters. The molecule has 0 spiro atoms. The summed E-state index contributed by atoms with van der Waals surface area (Å²) in [7, 11) is 1.63. The molecule has 3 aromatic rings. The summed E-state index contributed by atoms with van der Waals surface area (Å²) >= 11 is 6.53. The molecule has 0 radical (unpaired) electrons. The summed E-state index contributed by atoms with van der Waals surface area (Å²) in [6, 6.07) is 13.2. The third-order valence-electron chi connectivity index (χ3n) is 5.24. The van der Waals surface area contributed by atoms with Crippen molar-refractivity contribution in [3.05, 3.63) is 76.7 Å². The molecule has 2 heterocycles. The molecule has 1 amide bonds. The number of carbonyl (C=O) groups is 1. The number of methoxy groups -OCH3 is 1. The second-order valence-electron chi connectivity index (χ2n) is 7.40. The quantitative estimate of drug-likeness (QED) is 0.658. The van der Waals surface area contributed by atoms with Crippen molar-refractivity contribution in [1.29, 1.82) is 0 Å². The summed E-state index contributed by atoms with van der Waals surface area (Å²) in [6.07, 6.45) is 3.13. The zero-order chi connectivity index (χ0) is 20.6. The van der Waals surface area contributed by atoms with Crippen LogP contribution in [0.25, 0.3) is 0 Å². The van der Waals surface area contributed by atoms with Crippen LogP contribution in [0.2, 0.25) is 5.02 Å². The van der Waals surface area contributed by atoms with Crippen molar-refractivity contribution in [2.24, 2.45) is 0 Å². The number of ether oxygens (including phenoxy) is 1. The van der Waals surface area contributed by atoms with Crippen molar-refractivity contribution in [2.45, 2.75) is 25.9 Å². The van der Waals surface area contributed by atoms with Crippen LogP contribution >= 0.6 is 11.6 Å². The SMILES string of the molecule is COc1ccc(CN2C(=O)c3c(Cl)cc(Nc4ccncn4)cc3C2(C)C)cc1. The minimum atomic E-state index is -0.515. The lowest BCUT2D eigenvalue weighted by Crippen LogP contribution is -2.38. The number of benzene rings is 2. The van der Waals surface area contributed by atoms with Gasteiger partial charge >= 0.3 is 0 Å². The molecule has 0 bridgehead atoms. The molecule has 1 aliphatic rings. The van der Waals surface area contributed by atoms with E-state index in [9.17, 15) is 4.79 Å². The molecule has 0 unspecified atom stereocenters. The van der Waals surface area contributed by atoms with Crippen LogP contribution in [0.15, 0.2) is 55.0 Å². The van der Waals surface area contributed by atoms with E-state index in [2.05, 4.69) is 15.3 Å². The number of hydrogen-bond acceptors (Lipinski definition) is 5. The van der Waals surface area contributed by atoms with Gasteiger partial charge in [-0.25, -0.2) is 9.97 Å². The van der Waals surface area contributed by atoms with Crippen LogP contribution in [0, 0.1) is 0 Å². The topological polar surface area (TPSA) is 67.3 Å². The number of rotatable bonds is 5. The Morgan fingerprint density at radius 2 is 1.93 bits per heavy atom. The van der Waals surface area contributed by atoms with Crippen LogP contribution in [-0.4, -0.2) is 27.9 Å². The van der Waals surface area contributed by atoms with E-state index in [0.717, 1.165) is 22.6 Å². The van der Waals surface area contributed by atoms with E-state index in [4.69, 9.17) is 16.3 Å². The van der Waals surface area contributed by atoms with Gasteiger partial charge < -0.3 is 15.0 Å². The van der Waals surface area contributed by atoms with Crippen LogP contribution in [0.4, 0.5) is 11.5 Å². The highest BCUT2D eigenvalue weighted by Gasteiger charge is 2.44. The van der Waals surface area contributed by atoms with Crippen LogP contribution in [0.3, 0.4) is 0 Å². The largest absolute Gasteiger partial charge is 0.497 e. The van der Waals surface area contributed by atoms with Gasteiger partial charge in [0.2, 0.25) is 0 Å². The molecule has 0 saturated heterocycles. The second-order valence-corrected chi connectivity index (χ2v) is 7.81. The number of anilines is 2. The molecule has 6 nitrogen and oxygen atoms in total. The Kier molecular flexibility index (Phi) is 4.88. The van der Waals surface area contributed by atoms with E-state index in [-0.39, 0.29) is 5.91 Å². The van der Waals surface area contributed by atoms with Gasteiger partial charge in [-0.1, -0.05) is 23.7 Å². The van der Waals surface area contributed by atoms with Crippen LogP contribution in [0.5, 0.6) is 5.75 Å². The summed E-state index contributed by atoms with van der Waals surface area (Å²) in [6.45, 7) is 4.55. The average Bonchev–Trinajstić information content (AvgIpc) is 2.90. The summed E-state index contributed by atoms with van der Waals surface area (Å²) in [5.74, 6) is 1.38. The third-order valence-corrected chi connectivity index (χ3v) is 5.54. The van der Waals surface area contributed by atoms with Gasteiger partial charge in [-0.05, 0) is 55.3 Å². The third kappa shape index (κ3) is 3.51. The fourth-order valence-electron chi connectivity index (χ4n) is 3.61. The lowest BCUT2D eigenvalue weighted by Gasteiger charge is -2.32. The summed E-state index contributed by atoms with van der Waals surface area (Å²) in [4.78, 5) is 23.2. The molecular weight excluding hydrogens is 388 g/mol. The molecule has 148 valence electrons. The predicted octanol–water partition coefficient (Wildman–Crippen LogP) is 4.77. The van der Waals surface area contributed by atoms with E-state index in [1.54, 1.807) is 25.4 Å². The molecular formula is C22H21ClN4O2. The Balaban J connectivity index is 1.66. The molecule has 4 rings (SSSR count). The van der Waals surface area contributed by atoms with E-state index in [1.165, 1.54) is 6.33 Å². The summed E-state index contributed by atoms with van der Waals surface area (Å²) < 4.78 is 5.22. The number of amides is 1. The first kappa shape index (κ1) is 19.2. The van der Waals surface area contributed by atoms with Gasteiger partial charge in [0.1, 0.15) is 17.9 Å². The van der Waals surface area contributed by atoms with E-state index in [0.29, 0.717) is 22.9 Å². The molecule has 2 aromatic carbocycles. The Labute approximate surface area is 174 Å². The van der Waals surface area contributed by atoms with E-state index < -0.39 is 5.54 Å². The fourth-order valence-corrected chi connectivity index (χ4v) is 3.91. The zero-order valence-corrected chi connectivity index (χ0v) is 17.2. The van der Waals surface area contributed by atoms with Crippen molar-refractivity contribution in [2.75, 3.05) is 12.4 Å². The Hall–Kier alpha value is -3.12. The molecule has 0 fully saturated rings. The van der Waals surface area contributed by atoms with Gasteiger partial charge in [0.25, 0.3) is 5.91 Å². The first-order valence-corrected chi connectivity index (χ1v) is 9.60. The molecule has 0 aliphatic carbocycles. The Morgan fingerprint density at radius 1 is 1.17 bits per heavy atom. The molecule has 7 heteroatoms. The second kappa shape index (κ2) is 7.37. The van der Waals surface area contributed by atoms with E-state index >= 15 is 0 Å². The normalized spacial score (nSPS) is 14.6. The minimum Gasteiger partial charge on any atom is -0.497 e. The first-order valence-electron chi connectivity index (χ1n) is 9.22. The fraction of sp³-hybridized carbons (Fsp3) is 0.227. The number of nitrogens with one attached hydrogen (secondary N) is 1. The molecule has 1 aliphatic heterocycles. The number of carbonyl (C=O) groups excluding carboxylic acids is 1. The van der Waals surface area contributed by atoms with Crippen LogP contribution in [-0.2, 0) is 12.1 Å². The highest BCUT2D eigenvalue weighted by atomic mass is 35.5. The lowest BCUT2D eigenvalue weighted by atomic mass is 9.93. The minimum absolute atomic E-state index is 0.0700. The summed E-state index contributed by atoms with van der Waals surface area (Å²) in [5.41, 5.74) is 2.73. The molecule has 1 aromatic heterocycles. The number of halogens is 1. The van der Waals surface area contributed by atoms with Crippen molar-refractivity contribution >= 4 is 29.0 Å². The standard InChI is InChI=1S/C22H21ClN4O2/c1-22(2)17-10-15(26-19-8-9-24-13-25-19)11-18(23)20(17)21(28)27(22)12-14-4-6-16(29-3)7-5-14/h4-11,13H,12H2,1-3H3,(H,24,25,26). The van der Waals surface area contributed by atoms with Gasteiger partial charge in [0.15, 0.2) is 0 Å². The molecule has 0 saturated carbocycles. The number of fused-ring (bicyclic) bond motifs is 1. The van der Waals surface area contributed by atoms with Gasteiger partial charge in [-0.3, -0.25) is 4.79 Å². The van der Waals surface area contributed by atoms with Crippen LogP contribution in [0.1, 0.15) is 35.3 Å². The highest BCUT2D eigenvalue weighted by molar-refractivity contribution is 6.34. The van der Waals surface area contributed by atoms with Gasteiger partial charge in [-0.2, -0.15) is 0 Å². The molecule has 1 N–H and O–H groups in total. The van der Waals surface area contributed by atoms with Crippen molar-refractivity contribution in [3.63, 3.8) is 0 Å². The average molecular weight is 409 g/mol.